The molecule has 0 aromatic rings. The van der Waals surface area contributed by atoms with Crippen molar-refractivity contribution in [3.05, 3.63) is 0 Å². The maximum absolute atomic E-state index is 11.9. The second kappa shape index (κ2) is 20.6. The van der Waals surface area contributed by atoms with Gasteiger partial charge in [0.15, 0.2) is 0 Å². The SMILES string of the molecule is C.COC1CCC(O)CN(C(=O)OC(C)(C)C)C1.COC1CCCC(O)CC1.O=CC(F)(F)F.[2H]CC. The van der Waals surface area contributed by atoms with Gasteiger partial charge in [-0.05, 0) is 65.7 Å². The number of carbonyl (C=O) groups excluding carboxylic acids is 2. The minimum absolute atomic E-state index is 0. The number of methoxy groups -OCH3 is 2. The fourth-order valence-electron chi connectivity index (χ4n) is 3.29. The fourth-order valence-corrected chi connectivity index (χ4v) is 3.29. The maximum atomic E-state index is 11.9. The molecule has 2 N–H and O–H groups in total. The number of ether oxygens (including phenoxy) is 3. The molecular weight excluding hydrogens is 483 g/mol. The number of likely N-dealkylation sites (tertiary alicyclic amines) is 1. The summed E-state index contributed by atoms with van der Waals surface area (Å²) in [7, 11) is 3.37. The molecule has 1 saturated heterocycles. The first-order valence-corrected chi connectivity index (χ1v) is 11.8. The highest BCUT2D eigenvalue weighted by Crippen LogP contribution is 2.19. The molecule has 1 aliphatic heterocycles. The number of hydrogen-bond acceptors (Lipinski definition) is 7. The minimum Gasteiger partial charge on any atom is -0.444 e. The quantitative estimate of drug-likeness (QED) is 0.374. The van der Waals surface area contributed by atoms with E-state index in [-0.39, 0.29) is 25.7 Å². The Labute approximate surface area is 216 Å². The largest absolute Gasteiger partial charge is 0.446 e. The van der Waals surface area contributed by atoms with Crippen molar-refractivity contribution in [1.29, 1.82) is 0 Å². The van der Waals surface area contributed by atoms with Crippen LogP contribution in [-0.4, -0.2) is 91.0 Å². The van der Waals surface area contributed by atoms with Gasteiger partial charge in [-0.15, -0.1) is 0 Å². The summed E-state index contributed by atoms with van der Waals surface area (Å²) in [6.45, 7) is 8.56. The lowest BCUT2D eigenvalue weighted by molar-refractivity contribution is -0.156. The Morgan fingerprint density at radius 3 is 1.86 bits per heavy atom. The van der Waals surface area contributed by atoms with Gasteiger partial charge >= 0.3 is 12.3 Å². The van der Waals surface area contributed by atoms with Crippen molar-refractivity contribution >= 4 is 12.4 Å². The van der Waals surface area contributed by atoms with Gasteiger partial charge in [0.05, 0.1) is 37.5 Å². The van der Waals surface area contributed by atoms with Crippen LogP contribution in [0.1, 0.15) is 88.3 Å². The zero-order chi connectivity index (χ0) is 28.4. The predicted molar refractivity (Wildman–Crippen MR) is 134 cm³/mol. The Bertz CT molecular complexity index is 577. The molecule has 1 heterocycles. The molecule has 0 aromatic heterocycles. The number of amides is 1. The van der Waals surface area contributed by atoms with E-state index in [4.69, 9.17) is 20.4 Å². The van der Waals surface area contributed by atoms with Crippen LogP contribution in [0.25, 0.3) is 0 Å². The molecule has 0 spiro atoms. The van der Waals surface area contributed by atoms with Gasteiger partial charge in [0.2, 0.25) is 6.29 Å². The minimum atomic E-state index is -4.64. The lowest BCUT2D eigenvalue weighted by Gasteiger charge is -2.28. The second-order valence-electron chi connectivity index (χ2n) is 9.15. The van der Waals surface area contributed by atoms with Crippen molar-refractivity contribution in [3.8, 4) is 0 Å². The summed E-state index contributed by atoms with van der Waals surface area (Å²) >= 11 is 0. The van der Waals surface area contributed by atoms with Crippen LogP contribution in [0, 0.1) is 0 Å². The third-order valence-corrected chi connectivity index (χ3v) is 5.01. The van der Waals surface area contributed by atoms with Gasteiger partial charge in [-0.25, -0.2) is 4.79 Å². The first-order chi connectivity index (χ1) is 16.6. The van der Waals surface area contributed by atoms with E-state index in [2.05, 4.69) is 0 Å². The number of hydrogen-bond donors (Lipinski definition) is 2. The molecule has 8 nitrogen and oxygen atoms in total. The summed E-state index contributed by atoms with van der Waals surface area (Å²) in [6.07, 6.45) is 0.255. The molecule has 1 saturated carbocycles. The van der Waals surface area contributed by atoms with E-state index >= 15 is 0 Å². The Balaban J connectivity index is -0.000000490. The third kappa shape index (κ3) is 21.8. The smallest absolute Gasteiger partial charge is 0.444 e. The van der Waals surface area contributed by atoms with Crippen molar-refractivity contribution in [2.75, 3.05) is 27.3 Å². The average Bonchev–Trinajstić information content (AvgIpc) is 3.11. The molecular formula is C25H50F3NO7. The molecule has 1 amide bonds. The number of rotatable bonds is 2. The fraction of sp³-hybridized carbons (Fsp3) is 0.920. The van der Waals surface area contributed by atoms with Gasteiger partial charge in [-0.3, -0.25) is 4.79 Å². The monoisotopic (exact) mass is 534 g/mol. The molecule has 2 rings (SSSR count). The summed E-state index contributed by atoms with van der Waals surface area (Å²) in [5.41, 5.74) is -0.517. The summed E-state index contributed by atoms with van der Waals surface area (Å²) < 4.78 is 53.2. The average molecular weight is 535 g/mol. The zero-order valence-corrected chi connectivity index (χ0v) is 22.0. The van der Waals surface area contributed by atoms with Crippen molar-refractivity contribution in [2.45, 2.75) is 123 Å². The Hall–Kier alpha value is -1.43. The number of halogens is 3. The summed E-state index contributed by atoms with van der Waals surface area (Å²) in [6, 6.07) is 0. The molecule has 0 radical (unpaired) electrons. The summed E-state index contributed by atoms with van der Waals surface area (Å²) in [4.78, 5) is 22.1. The van der Waals surface area contributed by atoms with Crippen molar-refractivity contribution < 1.29 is 48.6 Å². The van der Waals surface area contributed by atoms with E-state index in [0.717, 1.165) is 38.5 Å². The molecule has 4 atom stereocenters. The highest BCUT2D eigenvalue weighted by atomic mass is 19.4. The topological polar surface area (TPSA) is 106 Å². The molecule has 0 bridgehead atoms. The maximum Gasteiger partial charge on any atom is 0.446 e. The number of aliphatic hydroxyl groups excluding tert-OH is 2. The number of nitrogens with zero attached hydrogens (tertiary/aromatic N) is 1. The van der Waals surface area contributed by atoms with E-state index in [1.807, 2.05) is 20.8 Å². The van der Waals surface area contributed by atoms with Gasteiger partial charge in [0.1, 0.15) is 5.60 Å². The number of carbonyl (C=O) groups is 2. The lowest BCUT2D eigenvalue weighted by atomic mass is 10.1. The van der Waals surface area contributed by atoms with Crippen molar-refractivity contribution in [3.63, 3.8) is 0 Å². The highest BCUT2D eigenvalue weighted by molar-refractivity contribution is 5.68. The second-order valence-corrected chi connectivity index (χ2v) is 9.15. The molecule has 2 aliphatic rings. The van der Waals surface area contributed by atoms with E-state index < -0.39 is 24.2 Å². The van der Waals surface area contributed by atoms with Crippen molar-refractivity contribution in [1.82, 2.24) is 4.90 Å². The van der Waals surface area contributed by atoms with Gasteiger partial charge in [-0.1, -0.05) is 21.3 Å². The van der Waals surface area contributed by atoms with Crippen LogP contribution in [-0.2, 0) is 19.0 Å². The van der Waals surface area contributed by atoms with Crippen LogP contribution in [0.3, 0.4) is 0 Å². The highest BCUT2D eigenvalue weighted by Gasteiger charge is 2.29. The Kier molecular flexibility index (Phi) is 21.0. The van der Waals surface area contributed by atoms with Crippen LogP contribution in [0.15, 0.2) is 0 Å². The molecule has 0 aromatic carbocycles. The lowest BCUT2D eigenvalue weighted by Crippen LogP contribution is -2.42. The van der Waals surface area contributed by atoms with Gasteiger partial charge < -0.3 is 29.3 Å². The molecule has 4 unspecified atom stereocenters. The van der Waals surface area contributed by atoms with Crippen LogP contribution in [0.4, 0.5) is 18.0 Å². The van der Waals surface area contributed by atoms with Crippen LogP contribution in [0.5, 0.6) is 0 Å². The first kappa shape index (κ1) is 36.7. The molecule has 1 aliphatic carbocycles. The summed E-state index contributed by atoms with van der Waals surface area (Å²) in [5, 5.41) is 19.0. The van der Waals surface area contributed by atoms with Crippen molar-refractivity contribution in [2.24, 2.45) is 0 Å². The van der Waals surface area contributed by atoms with E-state index in [1.165, 1.54) is 4.90 Å². The van der Waals surface area contributed by atoms with E-state index in [9.17, 15) is 28.2 Å². The standard InChI is InChI=1S/C12H23NO4.C8H16O2.C2HF3O.C2H6.CH4/c1-12(2,3)17-11(15)13-7-9(14)5-6-10(8-13)16-4;1-10-8-4-2-3-7(9)5-6-8;3-2(4,5)1-6;1-2;/h9-10,14H,5-8H2,1-4H3;7-9H,2-6H2,1H3;1H;1-2H3;1H4/i;;;1D;. The Morgan fingerprint density at radius 1 is 0.944 bits per heavy atom. The Morgan fingerprint density at radius 2 is 1.42 bits per heavy atom. The van der Waals surface area contributed by atoms with Crippen LogP contribution < -0.4 is 0 Å². The number of alkyl halides is 3. The van der Waals surface area contributed by atoms with E-state index in [1.54, 1.807) is 21.1 Å². The molecule has 36 heavy (non-hydrogen) atoms. The normalized spacial score (nSPS) is 24.8. The van der Waals surface area contributed by atoms with Gasteiger partial charge in [-0.2, -0.15) is 13.2 Å². The number of aldehydes is 1. The van der Waals surface area contributed by atoms with E-state index in [0.29, 0.717) is 32.5 Å². The van der Waals surface area contributed by atoms with Gasteiger partial charge in [0.25, 0.3) is 0 Å². The number of aliphatic hydroxyl groups is 2. The predicted octanol–water partition coefficient (Wildman–Crippen LogP) is 5.13. The third-order valence-electron chi connectivity index (χ3n) is 5.01. The number of β-amino-alcohol motifs (C(OH)–C–C–N with tert-alkyl or cyclic N) is 1. The van der Waals surface area contributed by atoms with Crippen LogP contribution in [0.2, 0.25) is 0 Å². The van der Waals surface area contributed by atoms with Gasteiger partial charge in [0, 0.05) is 15.6 Å². The molecule has 2 fully saturated rings. The summed E-state index contributed by atoms with van der Waals surface area (Å²) in [5.74, 6) is 0. The van der Waals surface area contributed by atoms with Crippen LogP contribution >= 0.6 is 0 Å². The first-order valence-electron chi connectivity index (χ1n) is 12.5. The molecule has 11 heteroatoms. The molecule has 218 valence electrons. The zero-order valence-electron chi connectivity index (χ0n) is 23.0.